The molecule has 6 nitrogen and oxygen atoms in total. The summed E-state index contributed by atoms with van der Waals surface area (Å²) in [5.41, 5.74) is 2.14. The highest BCUT2D eigenvalue weighted by Crippen LogP contribution is 2.36. The Morgan fingerprint density at radius 1 is 1.13 bits per heavy atom. The van der Waals surface area contributed by atoms with Gasteiger partial charge in [0.25, 0.3) is 0 Å². The molecule has 3 aromatic rings. The number of benzene rings is 2. The fourth-order valence-corrected chi connectivity index (χ4v) is 4.32. The van der Waals surface area contributed by atoms with Gasteiger partial charge in [0, 0.05) is 26.1 Å². The minimum atomic E-state index is -0.373. The zero-order valence-corrected chi connectivity index (χ0v) is 17.8. The predicted molar refractivity (Wildman–Crippen MR) is 117 cm³/mol. The lowest BCUT2D eigenvalue weighted by atomic mass is 10.1. The Morgan fingerprint density at radius 2 is 1.83 bits per heavy atom. The number of ether oxygens (including phenoxy) is 1. The van der Waals surface area contributed by atoms with Crippen molar-refractivity contribution in [1.29, 1.82) is 0 Å². The van der Waals surface area contributed by atoms with E-state index < -0.39 is 0 Å². The molecule has 1 heterocycles. The van der Waals surface area contributed by atoms with E-state index in [1.807, 2.05) is 48.5 Å². The molecule has 1 amide bonds. The molecule has 0 radical (unpaired) electrons. The van der Waals surface area contributed by atoms with Gasteiger partial charge in [0.2, 0.25) is 5.91 Å². The number of amides is 1. The first-order valence-electron chi connectivity index (χ1n) is 10.2. The second-order valence-electron chi connectivity index (χ2n) is 7.40. The highest BCUT2D eigenvalue weighted by atomic mass is 32.2. The van der Waals surface area contributed by atoms with Gasteiger partial charge in [-0.3, -0.25) is 4.79 Å². The topological polar surface area (TPSA) is 69.0 Å². The van der Waals surface area contributed by atoms with Crippen LogP contribution in [0.4, 0.5) is 0 Å². The summed E-state index contributed by atoms with van der Waals surface area (Å²) in [4.78, 5) is 13.0. The lowest BCUT2D eigenvalue weighted by molar-refractivity contribution is -0.120. The van der Waals surface area contributed by atoms with E-state index in [2.05, 4.69) is 32.2 Å². The van der Waals surface area contributed by atoms with E-state index in [-0.39, 0.29) is 11.2 Å². The molecular weight excluding hydrogens is 396 g/mol. The highest BCUT2D eigenvalue weighted by molar-refractivity contribution is 8.00. The second-order valence-corrected chi connectivity index (χ2v) is 8.47. The fourth-order valence-electron chi connectivity index (χ4n) is 3.23. The summed E-state index contributed by atoms with van der Waals surface area (Å²) in [6.07, 6.45) is 2.80. The molecule has 30 heavy (non-hydrogen) atoms. The van der Waals surface area contributed by atoms with Crippen molar-refractivity contribution in [1.82, 2.24) is 20.1 Å². The molecule has 2 aromatic carbocycles. The van der Waals surface area contributed by atoms with Crippen molar-refractivity contribution in [3.63, 3.8) is 0 Å². The summed E-state index contributed by atoms with van der Waals surface area (Å²) in [6, 6.07) is 20.4. The smallest absolute Gasteiger partial charge is 0.238 e. The van der Waals surface area contributed by atoms with Crippen molar-refractivity contribution in [3.05, 3.63) is 77.6 Å². The molecule has 156 valence electrons. The van der Waals surface area contributed by atoms with Crippen LogP contribution < -0.4 is 5.32 Å². The molecule has 0 aliphatic heterocycles. The zero-order valence-electron chi connectivity index (χ0n) is 17.0. The number of carbonyl (C=O) groups excluding carboxylic acids is 1. The molecule has 1 aliphatic carbocycles. The first kappa shape index (κ1) is 20.6. The van der Waals surface area contributed by atoms with Crippen molar-refractivity contribution in [2.45, 2.75) is 42.3 Å². The van der Waals surface area contributed by atoms with Crippen molar-refractivity contribution in [2.24, 2.45) is 0 Å². The molecule has 7 heteroatoms. The van der Waals surface area contributed by atoms with E-state index >= 15 is 0 Å². The number of carbonyl (C=O) groups is 1. The Hall–Kier alpha value is -2.64. The van der Waals surface area contributed by atoms with Gasteiger partial charge in [-0.05, 0) is 24.0 Å². The molecule has 1 N–H and O–H groups in total. The third kappa shape index (κ3) is 5.29. The lowest BCUT2D eigenvalue weighted by Gasteiger charge is -2.17. The Balaban J connectivity index is 1.60. The van der Waals surface area contributed by atoms with Gasteiger partial charge < -0.3 is 14.6 Å². The third-order valence-electron chi connectivity index (χ3n) is 5.00. The number of aromatic nitrogens is 3. The lowest BCUT2D eigenvalue weighted by Crippen LogP contribution is -2.30. The van der Waals surface area contributed by atoms with Gasteiger partial charge in [0.05, 0.1) is 6.61 Å². The molecule has 1 aromatic heterocycles. The summed E-state index contributed by atoms with van der Waals surface area (Å²) in [5, 5.41) is 12.4. The normalized spacial score (nSPS) is 14.4. The Bertz CT molecular complexity index is 958. The third-order valence-corrected chi connectivity index (χ3v) is 6.24. The highest BCUT2D eigenvalue weighted by Gasteiger charge is 2.30. The first-order chi connectivity index (χ1) is 14.7. The van der Waals surface area contributed by atoms with Crippen molar-refractivity contribution in [3.8, 4) is 0 Å². The second kappa shape index (κ2) is 9.91. The van der Waals surface area contributed by atoms with Crippen molar-refractivity contribution < 1.29 is 9.53 Å². The maximum atomic E-state index is 13.0. The van der Waals surface area contributed by atoms with Gasteiger partial charge in [0.15, 0.2) is 5.16 Å². The number of rotatable bonds is 10. The van der Waals surface area contributed by atoms with Gasteiger partial charge in [0.1, 0.15) is 11.1 Å². The average molecular weight is 423 g/mol. The molecule has 0 bridgehead atoms. The molecule has 1 atom stereocenters. The molecule has 0 unspecified atom stereocenters. The molecule has 1 saturated carbocycles. The van der Waals surface area contributed by atoms with Crippen LogP contribution in [0.5, 0.6) is 0 Å². The van der Waals surface area contributed by atoms with Gasteiger partial charge in [-0.2, -0.15) is 0 Å². The fraction of sp³-hybridized carbons (Fsp3) is 0.348. The molecule has 1 aliphatic rings. The molecule has 4 rings (SSSR count). The number of hydrogen-bond acceptors (Lipinski definition) is 5. The van der Waals surface area contributed by atoms with E-state index in [0.29, 0.717) is 25.6 Å². The zero-order chi connectivity index (χ0) is 20.8. The summed E-state index contributed by atoms with van der Waals surface area (Å²) in [5.74, 6) is 0.898. The van der Waals surface area contributed by atoms with Gasteiger partial charge in [-0.25, -0.2) is 0 Å². The molecule has 0 saturated heterocycles. The minimum absolute atomic E-state index is 0.0274. The van der Waals surface area contributed by atoms with E-state index in [1.54, 1.807) is 7.11 Å². The van der Waals surface area contributed by atoms with E-state index in [0.717, 1.165) is 29.4 Å². The van der Waals surface area contributed by atoms with Crippen LogP contribution in [-0.2, 0) is 22.5 Å². The number of methoxy groups -OCH3 is 1. The minimum Gasteiger partial charge on any atom is -0.383 e. The van der Waals surface area contributed by atoms with Gasteiger partial charge >= 0.3 is 0 Å². The van der Waals surface area contributed by atoms with Crippen LogP contribution in [0.25, 0.3) is 0 Å². The molecular formula is C23H26N4O2S. The Morgan fingerprint density at radius 3 is 2.50 bits per heavy atom. The van der Waals surface area contributed by atoms with Crippen LogP contribution in [0.1, 0.15) is 35.0 Å². The Kier molecular flexibility index (Phi) is 6.81. The van der Waals surface area contributed by atoms with E-state index in [1.165, 1.54) is 17.3 Å². The average Bonchev–Trinajstić information content (AvgIpc) is 3.52. The number of nitrogens with one attached hydrogen (secondary N) is 1. The van der Waals surface area contributed by atoms with Crippen molar-refractivity contribution in [2.75, 3.05) is 13.7 Å². The van der Waals surface area contributed by atoms with Gasteiger partial charge in [-0.15, -0.1) is 10.2 Å². The SMILES string of the molecule is COCCn1c(Cc2ccccc2)nnc1S[C@@H](C(=O)NC1CC1)c1ccccc1. The van der Waals surface area contributed by atoms with Crippen molar-refractivity contribution >= 4 is 17.7 Å². The summed E-state index contributed by atoms with van der Waals surface area (Å²) >= 11 is 1.45. The predicted octanol–water partition coefficient (Wildman–Crippen LogP) is 3.63. The van der Waals surface area contributed by atoms with Crippen LogP contribution in [-0.4, -0.2) is 40.4 Å². The van der Waals surface area contributed by atoms with E-state index in [9.17, 15) is 4.79 Å². The molecule has 1 fully saturated rings. The standard InChI is InChI=1S/C23H26N4O2S/c1-29-15-14-27-20(16-17-8-4-2-5-9-17)25-26-23(27)30-21(18-10-6-3-7-11-18)22(28)24-19-12-13-19/h2-11,19,21H,12-16H2,1H3,(H,24,28)/t21-/m1/s1. The van der Waals surface area contributed by atoms with Crippen LogP contribution in [0.2, 0.25) is 0 Å². The Labute approximate surface area is 181 Å². The largest absolute Gasteiger partial charge is 0.383 e. The quantitative estimate of drug-likeness (QED) is 0.505. The summed E-state index contributed by atoms with van der Waals surface area (Å²) in [6.45, 7) is 1.19. The van der Waals surface area contributed by atoms with Crippen LogP contribution in [0.15, 0.2) is 65.8 Å². The van der Waals surface area contributed by atoms with Crippen LogP contribution in [0.3, 0.4) is 0 Å². The molecule has 0 spiro atoms. The summed E-state index contributed by atoms with van der Waals surface area (Å²) < 4.78 is 7.38. The monoisotopic (exact) mass is 422 g/mol. The van der Waals surface area contributed by atoms with Crippen LogP contribution >= 0.6 is 11.8 Å². The number of nitrogens with zero attached hydrogens (tertiary/aromatic N) is 3. The maximum absolute atomic E-state index is 13.0. The number of hydrogen-bond donors (Lipinski definition) is 1. The van der Waals surface area contributed by atoms with E-state index in [4.69, 9.17) is 4.74 Å². The maximum Gasteiger partial charge on any atom is 0.238 e. The van der Waals surface area contributed by atoms with Crippen LogP contribution in [0, 0.1) is 0 Å². The summed E-state index contributed by atoms with van der Waals surface area (Å²) in [7, 11) is 1.68. The number of thioether (sulfide) groups is 1. The van der Waals surface area contributed by atoms with Gasteiger partial charge in [-0.1, -0.05) is 72.4 Å². The first-order valence-corrected chi connectivity index (χ1v) is 11.1.